The number of hydrogen-bond donors (Lipinski definition) is 1. The maximum absolute atomic E-state index is 11.3. The summed E-state index contributed by atoms with van der Waals surface area (Å²) < 4.78 is 11.2. The standard InChI is InChI=1S/C16H12N2O3/c19-15-8-5-10-9-11(6-7-12(10)17-15)20-16-18-13-3-1-2-4-14(13)21-16/h1-4,6-7,9H,5,8H2,(H,17,19). The summed E-state index contributed by atoms with van der Waals surface area (Å²) in [6.07, 6.45) is 1.43. The molecule has 0 unspecified atom stereocenters. The minimum atomic E-state index is 0.0510. The Morgan fingerprint density at radius 1 is 1.14 bits per heavy atom. The third-order valence-corrected chi connectivity index (χ3v) is 3.45. The molecule has 21 heavy (non-hydrogen) atoms. The van der Waals surface area contributed by atoms with E-state index in [0.29, 0.717) is 24.2 Å². The summed E-state index contributed by atoms with van der Waals surface area (Å²) in [6, 6.07) is 13.0. The van der Waals surface area contributed by atoms with Crippen molar-refractivity contribution in [1.29, 1.82) is 0 Å². The lowest BCUT2D eigenvalue weighted by molar-refractivity contribution is -0.116. The number of carbonyl (C=O) groups is 1. The van der Waals surface area contributed by atoms with Crippen LogP contribution in [0.15, 0.2) is 46.9 Å². The second-order valence-electron chi connectivity index (χ2n) is 4.92. The predicted molar refractivity (Wildman–Crippen MR) is 77.5 cm³/mol. The van der Waals surface area contributed by atoms with E-state index in [1.54, 1.807) is 6.07 Å². The van der Waals surface area contributed by atoms with Crippen molar-refractivity contribution in [1.82, 2.24) is 4.98 Å². The molecule has 0 spiro atoms. The van der Waals surface area contributed by atoms with Crippen LogP contribution in [0.4, 0.5) is 5.69 Å². The van der Waals surface area contributed by atoms with Crippen LogP contribution >= 0.6 is 0 Å². The van der Waals surface area contributed by atoms with Gasteiger partial charge in [0.05, 0.1) is 0 Å². The third-order valence-electron chi connectivity index (χ3n) is 3.45. The number of ether oxygens (including phenoxy) is 1. The lowest BCUT2D eigenvalue weighted by atomic mass is 10.0. The highest BCUT2D eigenvalue weighted by Crippen LogP contribution is 2.30. The summed E-state index contributed by atoms with van der Waals surface area (Å²) in [5.41, 5.74) is 3.36. The number of oxazole rings is 1. The molecule has 0 saturated carbocycles. The first-order valence-corrected chi connectivity index (χ1v) is 6.74. The Morgan fingerprint density at radius 3 is 2.95 bits per heavy atom. The monoisotopic (exact) mass is 280 g/mol. The molecule has 0 saturated heterocycles. The smallest absolute Gasteiger partial charge is 0.400 e. The van der Waals surface area contributed by atoms with E-state index >= 15 is 0 Å². The van der Waals surface area contributed by atoms with Crippen LogP contribution in [0.25, 0.3) is 11.1 Å². The number of hydrogen-bond acceptors (Lipinski definition) is 4. The molecule has 104 valence electrons. The molecule has 1 aromatic heterocycles. The number of anilines is 1. The highest BCUT2D eigenvalue weighted by atomic mass is 16.6. The van der Waals surface area contributed by atoms with Gasteiger partial charge in [-0.1, -0.05) is 12.1 Å². The van der Waals surface area contributed by atoms with Crippen LogP contribution in [0.3, 0.4) is 0 Å². The second-order valence-corrected chi connectivity index (χ2v) is 4.92. The van der Waals surface area contributed by atoms with Crippen molar-refractivity contribution >= 4 is 22.7 Å². The maximum Gasteiger partial charge on any atom is 0.400 e. The molecule has 0 fully saturated rings. The molecule has 2 heterocycles. The Morgan fingerprint density at radius 2 is 2.05 bits per heavy atom. The topological polar surface area (TPSA) is 64.4 Å². The van der Waals surface area contributed by atoms with E-state index in [-0.39, 0.29) is 12.0 Å². The van der Waals surface area contributed by atoms with Gasteiger partial charge in [-0.15, -0.1) is 0 Å². The number of carbonyl (C=O) groups excluding carboxylic acids is 1. The van der Waals surface area contributed by atoms with E-state index < -0.39 is 0 Å². The van der Waals surface area contributed by atoms with Crippen molar-refractivity contribution in [3.8, 4) is 11.8 Å². The van der Waals surface area contributed by atoms with E-state index in [2.05, 4.69) is 10.3 Å². The first-order chi connectivity index (χ1) is 10.3. The predicted octanol–water partition coefficient (Wildman–Crippen LogP) is 3.50. The van der Waals surface area contributed by atoms with Gasteiger partial charge in [-0.25, -0.2) is 0 Å². The summed E-state index contributed by atoms with van der Waals surface area (Å²) in [5, 5.41) is 2.84. The van der Waals surface area contributed by atoms with E-state index in [1.165, 1.54) is 0 Å². The fourth-order valence-electron chi connectivity index (χ4n) is 2.42. The Bertz CT molecular complexity index is 805. The molecule has 5 nitrogen and oxygen atoms in total. The van der Waals surface area contributed by atoms with Gasteiger partial charge in [-0.2, -0.15) is 4.98 Å². The lowest BCUT2D eigenvalue weighted by Crippen LogP contribution is -2.18. The molecular weight excluding hydrogens is 268 g/mol. The molecule has 2 aromatic carbocycles. The first-order valence-electron chi connectivity index (χ1n) is 6.74. The summed E-state index contributed by atoms with van der Waals surface area (Å²) in [7, 11) is 0. The van der Waals surface area contributed by atoms with E-state index in [1.807, 2.05) is 36.4 Å². The zero-order valence-electron chi connectivity index (χ0n) is 11.1. The Labute approximate surface area is 120 Å². The third kappa shape index (κ3) is 2.23. The van der Waals surface area contributed by atoms with Crippen molar-refractivity contribution in [2.24, 2.45) is 0 Å². The van der Waals surface area contributed by atoms with Gasteiger partial charge in [-0.3, -0.25) is 4.79 Å². The van der Waals surface area contributed by atoms with Crippen LogP contribution in [0.1, 0.15) is 12.0 Å². The lowest BCUT2D eigenvalue weighted by Gasteiger charge is -2.17. The van der Waals surface area contributed by atoms with Crippen LogP contribution in [0.5, 0.6) is 11.8 Å². The minimum absolute atomic E-state index is 0.0510. The van der Waals surface area contributed by atoms with Gasteiger partial charge < -0.3 is 14.5 Å². The number of nitrogens with zero attached hydrogens (tertiary/aromatic N) is 1. The molecule has 4 rings (SSSR count). The Balaban J connectivity index is 1.63. The van der Waals surface area contributed by atoms with Crippen molar-refractivity contribution in [2.75, 3.05) is 5.32 Å². The maximum atomic E-state index is 11.3. The molecule has 5 heteroatoms. The molecule has 1 aliphatic heterocycles. The Kier molecular flexibility index (Phi) is 2.64. The highest BCUT2D eigenvalue weighted by molar-refractivity contribution is 5.94. The SMILES string of the molecule is O=C1CCc2cc(Oc3nc4ccccc4o3)ccc2N1. The average Bonchev–Trinajstić information content (AvgIpc) is 2.89. The van der Waals surface area contributed by atoms with Crippen LogP contribution in [-0.4, -0.2) is 10.9 Å². The molecule has 0 bridgehead atoms. The number of para-hydroxylation sites is 2. The minimum Gasteiger partial charge on any atom is -0.411 e. The van der Waals surface area contributed by atoms with Crippen molar-refractivity contribution in [2.45, 2.75) is 12.8 Å². The molecule has 3 aromatic rings. The molecule has 1 aliphatic rings. The van der Waals surface area contributed by atoms with Gasteiger partial charge >= 0.3 is 6.08 Å². The highest BCUT2D eigenvalue weighted by Gasteiger charge is 2.16. The van der Waals surface area contributed by atoms with E-state index in [4.69, 9.17) is 9.15 Å². The summed E-state index contributed by atoms with van der Waals surface area (Å²) >= 11 is 0. The van der Waals surface area contributed by atoms with Gasteiger partial charge in [0, 0.05) is 12.1 Å². The normalized spacial score (nSPS) is 13.8. The van der Waals surface area contributed by atoms with Crippen LogP contribution < -0.4 is 10.1 Å². The van der Waals surface area contributed by atoms with Gasteiger partial charge in [-0.05, 0) is 42.3 Å². The van der Waals surface area contributed by atoms with Gasteiger partial charge in [0.2, 0.25) is 5.91 Å². The molecule has 0 radical (unpaired) electrons. The van der Waals surface area contributed by atoms with Crippen LogP contribution in [0.2, 0.25) is 0 Å². The number of rotatable bonds is 2. The van der Waals surface area contributed by atoms with Gasteiger partial charge in [0.15, 0.2) is 5.58 Å². The zero-order valence-corrected chi connectivity index (χ0v) is 11.1. The number of fused-ring (bicyclic) bond motifs is 2. The number of nitrogens with one attached hydrogen (secondary N) is 1. The van der Waals surface area contributed by atoms with Crippen LogP contribution in [-0.2, 0) is 11.2 Å². The fourth-order valence-corrected chi connectivity index (χ4v) is 2.42. The van der Waals surface area contributed by atoms with E-state index in [9.17, 15) is 4.79 Å². The largest absolute Gasteiger partial charge is 0.411 e. The number of amides is 1. The zero-order chi connectivity index (χ0) is 14.2. The second kappa shape index (κ2) is 4.63. The number of aromatic nitrogens is 1. The molecular formula is C16H12N2O3. The Hall–Kier alpha value is -2.82. The number of aryl methyl sites for hydroxylation is 1. The fraction of sp³-hybridized carbons (Fsp3) is 0.125. The summed E-state index contributed by atoms with van der Waals surface area (Å²) in [4.78, 5) is 15.6. The van der Waals surface area contributed by atoms with E-state index in [0.717, 1.165) is 16.8 Å². The molecule has 1 N–H and O–H groups in total. The number of benzene rings is 2. The molecule has 1 amide bonds. The molecule has 0 atom stereocenters. The quantitative estimate of drug-likeness (QED) is 0.780. The summed E-state index contributed by atoms with van der Waals surface area (Å²) in [5.74, 6) is 0.701. The van der Waals surface area contributed by atoms with Gasteiger partial charge in [0.25, 0.3) is 0 Å². The van der Waals surface area contributed by atoms with Gasteiger partial charge in [0.1, 0.15) is 11.3 Å². The molecule has 0 aliphatic carbocycles. The van der Waals surface area contributed by atoms with Crippen LogP contribution in [0, 0.1) is 0 Å². The average molecular weight is 280 g/mol. The van der Waals surface area contributed by atoms with Crippen molar-refractivity contribution < 1.29 is 13.9 Å². The summed E-state index contributed by atoms with van der Waals surface area (Å²) in [6.45, 7) is 0. The van der Waals surface area contributed by atoms with Crippen molar-refractivity contribution in [3.05, 3.63) is 48.0 Å². The first kappa shape index (κ1) is 12.0. The van der Waals surface area contributed by atoms with Crippen molar-refractivity contribution in [3.63, 3.8) is 0 Å².